The number of hydrogen-bond acceptors (Lipinski definition) is 4. The van der Waals surface area contributed by atoms with E-state index in [0.29, 0.717) is 29.5 Å². The van der Waals surface area contributed by atoms with Crippen molar-refractivity contribution in [2.75, 3.05) is 7.05 Å². The first-order valence-corrected chi connectivity index (χ1v) is 13.7. The fourth-order valence-corrected chi connectivity index (χ4v) is 8.04. The first kappa shape index (κ1) is 28.1. The third-order valence-corrected chi connectivity index (χ3v) is 9.49. The lowest BCUT2D eigenvalue weighted by atomic mass is 9.46. The third-order valence-electron chi connectivity index (χ3n) is 9.49. The van der Waals surface area contributed by atoms with Gasteiger partial charge < -0.3 is 10.5 Å². The molecule has 190 valence electrons. The summed E-state index contributed by atoms with van der Waals surface area (Å²) in [7, 11) is 1.50. The van der Waals surface area contributed by atoms with Crippen molar-refractivity contribution in [3.63, 3.8) is 0 Å². The Morgan fingerprint density at radius 1 is 1.03 bits per heavy atom. The summed E-state index contributed by atoms with van der Waals surface area (Å²) in [6.45, 7) is 15.2. The van der Waals surface area contributed by atoms with E-state index in [4.69, 9.17) is 4.74 Å². The van der Waals surface area contributed by atoms with Crippen LogP contribution in [0.4, 0.5) is 0 Å². The lowest BCUT2D eigenvalue weighted by Gasteiger charge is -2.58. The van der Waals surface area contributed by atoms with E-state index in [2.05, 4.69) is 40.4 Å². The molecule has 4 nitrogen and oxygen atoms in total. The monoisotopic (exact) mass is 461 g/mol. The molecule has 4 aliphatic rings. The van der Waals surface area contributed by atoms with Crippen LogP contribution >= 0.6 is 0 Å². The van der Waals surface area contributed by atoms with Gasteiger partial charge in [0.05, 0.1) is 0 Å². The number of ketones is 1. The van der Waals surface area contributed by atoms with Crippen LogP contribution in [-0.2, 0) is 14.3 Å². The molecule has 0 amide bonds. The van der Waals surface area contributed by atoms with Gasteiger partial charge in [-0.1, -0.05) is 47.1 Å². The Morgan fingerprint density at radius 2 is 1.70 bits per heavy atom. The van der Waals surface area contributed by atoms with Crippen molar-refractivity contribution in [1.29, 1.82) is 0 Å². The zero-order chi connectivity index (χ0) is 25.0. The first-order chi connectivity index (χ1) is 15.6. The maximum absolute atomic E-state index is 12.3. The number of hydrogen-bond donors (Lipinski definition) is 1. The quantitative estimate of drug-likeness (QED) is 0.472. The molecule has 2 N–H and O–H groups in total. The lowest BCUT2D eigenvalue weighted by Crippen LogP contribution is -2.51. The SMILES string of the molecule is CC.CC(C)CC(=O)OC(C)C1CCC2C3CCC4=CC(=O)CCC4(C)C3CCC12C.CN. The molecule has 4 rings (SSSR count). The summed E-state index contributed by atoms with van der Waals surface area (Å²) in [6, 6.07) is 0. The Labute approximate surface area is 203 Å². The first-order valence-electron chi connectivity index (χ1n) is 13.7. The molecule has 33 heavy (non-hydrogen) atoms. The summed E-state index contributed by atoms with van der Waals surface area (Å²) in [5.74, 6) is 3.40. The number of fused-ring (bicyclic) bond motifs is 5. The zero-order valence-electron chi connectivity index (χ0n) is 22.7. The standard InChI is InChI=1S/C26H40O3.C2H6.CH5N/c1-16(2)14-24(28)29-17(3)21-8-9-22-20-7-6-18-15-19(27)10-12-25(18,4)23(20)11-13-26(21,22)5;2*1-2/h15-17,20-23H,6-14H2,1-5H3;1-2H3;2H2,1H3. The highest BCUT2D eigenvalue weighted by atomic mass is 16.5. The summed E-state index contributed by atoms with van der Waals surface area (Å²) in [6.07, 6.45) is 11.7. The molecular weight excluding hydrogens is 410 g/mol. The summed E-state index contributed by atoms with van der Waals surface area (Å²) < 4.78 is 5.93. The van der Waals surface area contributed by atoms with Gasteiger partial charge in [0.25, 0.3) is 0 Å². The molecule has 7 atom stereocenters. The van der Waals surface area contributed by atoms with Gasteiger partial charge in [-0.15, -0.1) is 0 Å². The summed E-state index contributed by atoms with van der Waals surface area (Å²) in [4.78, 5) is 24.3. The topological polar surface area (TPSA) is 69.4 Å². The molecule has 0 heterocycles. The van der Waals surface area contributed by atoms with E-state index in [9.17, 15) is 9.59 Å². The Balaban J connectivity index is 0.000000914. The van der Waals surface area contributed by atoms with E-state index in [1.54, 1.807) is 0 Å². The highest BCUT2D eigenvalue weighted by Crippen LogP contribution is 2.67. The Bertz CT molecular complexity index is 714. The fourth-order valence-electron chi connectivity index (χ4n) is 8.04. The second-order valence-electron chi connectivity index (χ2n) is 11.5. The molecule has 0 aromatic heterocycles. The van der Waals surface area contributed by atoms with E-state index in [1.807, 2.05) is 19.9 Å². The van der Waals surface area contributed by atoms with Crippen molar-refractivity contribution in [3.05, 3.63) is 11.6 Å². The molecule has 0 radical (unpaired) electrons. The van der Waals surface area contributed by atoms with Gasteiger partial charge in [0, 0.05) is 18.8 Å². The molecule has 0 spiro atoms. The summed E-state index contributed by atoms with van der Waals surface area (Å²) >= 11 is 0. The molecule has 0 bridgehead atoms. The molecular formula is C29H51NO3. The second kappa shape index (κ2) is 11.5. The Hall–Kier alpha value is -1.16. The summed E-state index contributed by atoms with van der Waals surface area (Å²) in [5.41, 5.74) is 6.48. The number of allylic oxidation sites excluding steroid dienone is 1. The summed E-state index contributed by atoms with van der Waals surface area (Å²) in [5, 5.41) is 0. The lowest BCUT2D eigenvalue weighted by molar-refractivity contribution is -0.156. The molecule has 3 saturated carbocycles. The van der Waals surface area contributed by atoms with Crippen molar-refractivity contribution in [2.45, 2.75) is 112 Å². The average Bonchev–Trinajstić information content (AvgIpc) is 3.14. The largest absolute Gasteiger partial charge is 0.462 e. The van der Waals surface area contributed by atoms with E-state index in [1.165, 1.54) is 44.7 Å². The number of carbonyl (C=O) groups excluding carboxylic acids is 2. The smallest absolute Gasteiger partial charge is 0.306 e. The zero-order valence-corrected chi connectivity index (χ0v) is 22.7. The van der Waals surface area contributed by atoms with Crippen molar-refractivity contribution in [1.82, 2.24) is 0 Å². The number of carbonyl (C=O) groups is 2. The van der Waals surface area contributed by atoms with Gasteiger partial charge in [-0.05, 0) is 99.5 Å². The van der Waals surface area contributed by atoms with Crippen LogP contribution < -0.4 is 5.73 Å². The van der Waals surface area contributed by atoms with Crippen molar-refractivity contribution >= 4 is 11.8 Å². The molecule has 7 unspecified atom stereocenters. The molecule has 0 aromatic carbocycles. The van der Waals surface area contributed by atoms with Gasteiger partial charge in [0.1, 0.15) is 6.10 Å². The number of rotatable bonds is 4. The van der Waals surface area contributed by atoms with Gasteiger partial charge in [-0.2, -0.15) is 0 Å². The van der Waals surface area contributed by atoms with Crippen molar-refractivity contribution in [3.8, 4) is 0 Å². The highest BCUT2D eigenvalue weighted by Gasteiger charge is 2.59. The van der Waals surface area contributed by atoms with Crippen molar-refractivity contribution in [2.24, 2.45) is 46.2 Å². The van der Waals surface area contributed by atoms with E-state index >= 15 is 0 Å². The molecule has 3 fully saturated rings. The minimum absolute atomic E-state index is 0.0229. The average molecular weight is 462 g/mol. The van der Waals surface area contributed by atoms with Crippen LogP contribution in [0.1, 0.15) is 106 Å². The predicted octanol–water partition coefficient (Wildman–Crippen LogP) is 6.71. The maximum Gasteiger partial charge on any atom is 0.306 e. The van der Waals surface area contributed by atoms with E-state index in [0.717, 1.165) is 37.0 Å². The Morgan fingerprint density at radius 3 is 2.33 bits per heavy atom. The van der Waals surface area contributed by atoms with Crippen LogP contribution in [0.5, 0.6) is 0 Å². The van der Waals surface area contributed by atoms with Gasteiger partial charge >= 0.3 is 5.97 Å². The molecule has 0 aromatic rings. The van der Waals surface area contributed by atoms with Crippen LogP contribution in [0, 0.1) is 40.4 Å². The minimum atomic E-state index is -0.0277. The predicted molar refractivity (Wildman–Crippen MR) is 137 cm³/mol. The number of esters is 1. The van der Waals surface area contributed by atoms with Crippen LogP contribution in [-0.4, -0.2) is 24.9 Å². The second-order valence-corrected chi connectivity index (χ2v) is 11.5. The Kier molecular flexibility index (Phi) is 9.80. The van der Waals surface area contributed by atoms with Gasteiger partial charge in [-0.25, -0.2) is 0 Å². The van der Waals surface area contributed by atoms with E-state index in [-0.39, 0.29) is 17.5 Å². The molecule has 4 aliphatic carbocycles. The molecule has 4 heteroatoms. The number of nitrogens with two attached hydrogens (primary N) is 1. The highest BCUT2D eigenvalue weighted by molar-refractivity contribution is 5.91. The maximum atomic E-state index is 12.3. The van der Waals surface area contributed by atoms with Crippen LogP contribution in [0.25, 0.3) is 0 Å². The van der Waals surface area contributed by atoms with E-state index < -0.39 is 0 Å². The van der Waals surface area contributed by atoms with Crippen LogP contribution in [0.2, 0.25) is 0 Å². The minimum Gasteiger partial charge on any atom is -0.462 e. The van der Waals surface area contributed by atoms with Gasteiger partial charge in [0.15, 0.2) is 5.78 Å². The van der Waals surface area contributed by atoms with Gasteiger partial charge in [0.2, 0.25) is 0 Å². The van der Waals surface area contributed by atoms with Gasteiger partial charge in [-0.3, -0.25) is 9.59 Å². The third kappa shape index (κ3) is 5.41. The van der Waals surface area contributed by atoms with Crippen LogP contribution in [0.15, 0.2) is 11.6 Å². The molecule has 0 saturated heterocycles. The van der Waals surface area contributed by atoms with Crippen molar-refractivity contribution < 1.29 is 14.3 Å². The van der Waals surface area contributed by atoms with Crippen LogP contribution in [0.3, 0.4) is 0 Å². The molecule has 0 aliphatic heterocycles. The number of ether oxygens (including phenoxy) is 1. The normalized spacial score (nSPS) is 37.8. The fraction of sp³-hybridized carbons (Fsp3) is 0.862.